The molecule has 20 heavy (non-hydrogen) atoms. The molecule has 110 valence electrons. The number of carbonyl (C=O) groups excluding carboxylic acids is 2. The average molecular weight is 299 g/mol. The molecule has 0 bridgehead atoms. The van der Waals surface area contributed by atoms with Crippen molar-refractivity contribution in [2.24, 2.45) is 0 Å². The molecule has 2 amide bonds. The number of rotatable bonds is 6. The van der Waals surface area contributed by atoms with E-state index in [1.165, 1.54) is 0 Å². The Hall–Kier alpha value is -1.59. The van der Waals surface area contributed by atoms with E-state index in [1.807, 2.05) is 0 Å². The molecule has 0 radical (unpaired) electrons. The lowest BCUT2D eigenvalue weighted by atomic mass is 10.1. The summed E-state index contributed by atoms with van der Waals surface area (Å²) < 4.78 is 0. The van der Waals surface area contributed by atoms with Crippen LogP contribution in [0.15, 0.2) is 24.3 Å². The molecular formula is C14H19ClN2O3. The molecule has 0 aliphatic heterocycles. The Morgan fingerprint density at radius 3 is 2.55 bits per heavy atom. The highest BCUT2D eigenvalue weighted by atomic mass is 35.5. The van der Waals surface area contributed by atoms with Crippen LogP contribution in [0.1, 0.15) is 30.6 Å². The topological polar surface area (TPSA) is 78.4 Å². The van der Waals surface area contributed by atoms with Crippen molar-refractivity contribution in [1.29, 1.82) is 0 Å². The Morgan fingerprint density at radius 2 is 1.95 bits per heavy atom. The molecule has 6 heteroatoms. The Kier molecular flexibility index (Phi) is 6.48. The minimum atomic E-state index is -0.483. The van der Waals surface area contributed by atoms with Gasteiger partial charge in [0.15, 0.2) is 0 Å². The van der Waals surface area contributed by atoms with Gasteiger partial charge < -0.3 is 15.7 Å². The zero-order valence-electron chi connectivity index (χ0n) is 11.5. The molecule has 2 atom stereocenters. The molecule has 3 N–H and O–H groups in total. The van der Waals surface area contributed by atoms with E-state index in [0.29, 0.717) is 17.0 Å². The second kappa shape index (κ2) is 7.87. The number of carbonyl (C=O) groups is 2. The first-order valence-electron chi connectivity index (χ1n) is 6.40. The van der Waals surface area contributed by atoms with Gasteiger partial charge in [-0.2, -0.15) is 0 Å². The van der Waals surface area contributed by atoms with E-state index in [0.717, 1.165) is 0 Å². The van der Waals surface area contributed by atoms with Crippen LogP contribution in [0, 0.1) is 0 Å². The van der Waals surface area contributed by atoms with E-state index >= 15 is 0 Å². The fraction of sp³-hybridized carbons (Fsp3) is 0.429. The minimum Gasteiger partial charge on any atom is -0.393 e. The summed E-state index contributed by atoms with van der Waals surface area (Å²) in [7, 11) is 0. The molecule has 0 saturated carbocycles. The van der Waals surface area contributed by atoms with Gasteiger partial charge in [0.05, 0.1) is 23.2 Å². The summed E-state index contributed by atoms with van der Waals surface area (Å²) in [6.45, 7) is 3.32. The summed E-state index contributed by atoms with van der Waals surface area (Å²) >= 11 is 5.89. The van der Waals surface area contributed by atoms with Crippen LogP contribution in [0.4, 0.5) is 0 Å². The van der Waals surface area contributed by atoms with Gasteiger partial charge in [-0.1, -0.05) is 23.7 Å². The predicted octanol–water partition coefficient (Wildman–Crippen LogP) is 1.35. The van der Waals surface area contributed by atoms with Gasteiger partial charge >= 0.3 is 0 Å². The van der Waals surface area contributed by atoms with E-state index in [2.05, 4.69) is 10.6 Å². The first kappa shape index (κ1) is 16.5. The molecule has 0 spiro atoms. The fourth-order valence-electron chi connectivity index (χ4n) is 1.80. The fourth-order valence-corrected chi connectivity index (χ4v) is 2.02. The molecule has 0 fully saturated rings. The van der Waals surface area contributed by atoms with Crippen molar-refractivity contribution in [3.63, 3.8) is 0 Å². The summed E-state index contributed by atoms with van der Waals surface area (Å²) in [6.07, 6.45) is -0.0208. The number of hydrogen-bond donors (Lipinski definition) is 3. The van der Waals surface area contributed by atoms with Crippen molar-refractivity contribution >= 4 is 23.4 Å². The van der Waals surface area contributed by atoms with Crippen molar-refractivity contribution in [3.05, 3.63) is 34.9 Å². The van der Waals surface area contributed by atoms with Gasteiger partial charge in [-0.25, -0.2) is 0 Å². The number of amides is 2. The lowest BCUT2D eigenvalue weighted by molar-refractivity contribution is -0.120. The van der Waals surface area contributed by atoms with E-state index in [-0.39, 0.29) is 18.5 Å². The maximum atomic E-state index is 11.8. The Morgan fingerprint density at radius 1 is 1.30 bits per heavy atom. The van der Waals surface area contributed by atoms with Gasteiger partial charge in [0.2, 0.25) is 5.91 Å². The third-order valence-corrected chi connectivity index (χ3v) is 2.96. The van der Waals surface area contributed by atoms with Crippen molar-refractivity contribution < 1.29 is 14.7 Å². The van der Waals surface area contributed by atoms with Crippen molar-refractivity contribution in [2.75, 3.05) is 6.54 Å². The van der Waals surface area contributed by atoms with Gasteiger partial charge in [0.25, 0.3) is 5.91 Å². The summed E-state index contributed by atoms with van der Waals surface area (Å²) in [6, 6.07) is 6.47. The molecule has 0 heterocycles. The summed E-state index contributed by atoms with van der Waals surface area (Å²) in [5, 5.41) is 14.7. The molecule has 0 aliphatic rings. The van der Waals surface area contributed by atoms with Gasteiger partial charge in [-0.15, -0.1) is 0 Å². The molecular weight excluding hydrogens is 280 g/mol. The van der Waals surface area contributed by atoms with Crippen LogP contribution in [-0.2, 0) is 4.79 Å². The SMILES string of the molecule is CC(O)CC(C)NC(=O)CNC(=O)c1ccccc1Cl. The van der Waals surface area contributed by atoms with Gasteiger partial charge in [-0.3, -0.25) is 9.59 Å². The largest absolute Gasteiger partial charge is 0.393 e. The molecule has 0 aromatic heterocycles. The molecule has 2 unspecified atom stereocenters. The number of benzene rings is 1. The number of halogens is 1. The zero-order chi connectivity index (χ0) is 15.1. The smallest absolute Gasteiger partial charge is 0.253 e. The summed E-state index contributed by atoms with van der Waals surface area (Å²) in [5.74, 6) is -0.701. The van der Waals surface area contributed by atoms with E-state index < -0.39 is 12.0 Å². The molecule has 0 aliphatic carbocycles. The van der Waals surface area contributed by atoms with E-state index in [4.69, 9.17) is 11.6 Å². The van der Waals surface area contributed by atoms with Crippen LogP contribution in [0.3, 0.4) is 0 Å². The van der Waals surface area contributed by atoms with Crippen LogP contribution in [-0.4, -0.2) is 35.6 Å². The van der Waals surface area contributed by atoms with Gasteiger partial charge in [0, 0.05) is 6.04 Å². The molecule has 1 rings (SSSR count). The monoisotopic (exact) mass is 298 g/mol. The van der Waals surface area contributed by atoms with E-state index in [9.17, 15) is 14.7 Å². The predicted molar refractivity (Wildman–Crippen MR) is 77.7 cm³/mol. The van der Waals surface area contributed by atoms with Crippen LogP contribution < -0.4 is 10.6 Å². The summed E-state index contributed by atoms with van der Waals surface area (Å²) in [4.78, 5) is 23.4. The Balaban J connectivity index is 2.41. The number of aliphatic hydroxyl groups is 1. The molecule has 1 aromatic carbocycles. The third-order valence-electron chi connectivity index (χ3n) is 2.63. The highest BCUT2D eigenvalue weighted by Crippen LogP contribution is 2.14. The minimum absolute atomic E-state index is 0.131. The van der Waals surface area contributed by atoms with Crippen LogP contribution in [0.25, 0.3) is 0 Å². The highest BCUT2D eigenvalue weighted by Gasteiger charge is 2.13. The van der Waals surface area contributed by atoms with Crippen molar-refractivity contribution in [2.45, 2.75) is 32.4 Å². The second-order valence-electron chi connectivity index (χ2n) is 4.72. The normalized spacial score (nSPS) is 13.4. The van der Waals surface area contributed by atoms with Crippen LogP contribution >= 0.6 is 11.6 Å². The quantitative estimate of drug-likeness (QED) is 0.742. The highest BCUT2D eigenvalue weighted by molar-refractivity contribution is 6.33. The average Bonchev–Trinajstić information content (AvgIpc) is 2.35. The van der Waals surface area contributed by atoms with Crippen molar-refractivity contribution in [3.8, 4) is 0 Å². The number of hydrogen-bond acceptors (Lipinski definition) is 3. The molecule has 1 aromatic rings. The molecule has 5 nitrogen and oxygen atoms in total. The maximum Gasteiger partial charge on any atom is 0.253 e. The lowest BCUT2D eigenvalue weighted by Crippen LogP contribution is -2.41. The lowest BCUT2D eigenvalue weighted by Gasteiger charge is -2.15. The summed E-state index contributed by atoms with van der Waals surface area (Å²) in [5.41, 5.74) is 0.332. The third kappa shape index (κ3) is 5.59. The maximum absolute atomic E-state index is 11.8. The first-order valence-corrected chi connectivity index (χ1v) is 6.78. The Bertz CT molecular complexity index is 477. The van der Waals surface area contributed by atoms with Crippen LogP contribution in [0.5, 0.6) is 0 Å². The van der Waals surface area contributed by atoms with Crippen LogP contribution in [0.2, 0.25) is 5.02 Å². The number of nitrogens with one attached hydrogen (secondary N) is 2. The molecule has 0 saturated heterocycles. The van der Waals surface area contributed by atoms with Gasteiger partial charge in [-0.05, 0) is 32.4 Å². The van der Waals surface area contributed by atoms with E-state index in [1.54, 1.807) is 38.1 Å². The van der Waals surface area contributed by atoms with Gasteiger partial charge in [0.1, 0.15) is 0 Å². The first-order chi connectivity index (χ1) is 9.40. The Labute approximate surface area is 123 Å². The second-order valence-corrected chi connectivity index (χ2v) is 5.12. The number of aliphatic hydroxyl groups excluding tert-OH is 1. The standard InChI is InChI=1S/C14H19ClN2O3/c1-9(7-10(2)18)17-13(19)8-16-14(20)11-5-3-4-6-12(11)15/h3-6,9-10,18H,7-8H2,1-2H3,(H,16,20)(H,17,19). The zero-order valence-corrected chi connectivity index (χ0v) is 12.3. The van der Waals surface area contributed by atoms with Crippen molar-refractivity contribution in [1.82, 2.24) is 10.6 Å².